The zero-order chi connectivity index (χ0) is 15.4. The van der Waals surface area contributed by atoms with Gasteiger partial charge in [0.25, 0.3) is 0 Å². The van der Waals surface area contributed by atoms with Gasteiger partial charge in [0.2, 0.25) is 5.91 Å². The SMILES string of the molecule is CCOC(=O)c1cc(F)cc(OCC2CNC(=O)C2)c1Cl. The van der Waals surface area contributed by atoms with E-state index < -0.39 is 11.8 Å². The molecule has 0 radical (unpaired) electrons. The van der Waals surface area contributed by atoms with E-state index in [2.05, 4.69) is 5.32 Å². The van der Waals surface area contributed by atoms with Crippen molar-refractivity contribution in [3.05, 3.63) is 28.5 Å². The van der Waals surface area contributed by atoms with Gasteiger partial charge in [-0.25, -0.2) is 9.18 Å². The van der Waals surface area contributed by atoms with Crippen molar-refractivity contribution in [2.75, 3.05) is 19.8 Å². The zero-order valence-electron chi connectivity index (χ0n) is 11.4. The summed E-state index contributed by atoms with van der Waals surface area (Å²) >= 11 is 6.05. The molecule has 0 aliphatic carbocycles. The molecule has 5 nitrogen and oxygen atoms in total. The van der Waals surface area contributed by atoms with Crippen LogP contribution in [-0.2, 0) is 9.53 Å². The molecule has 1 unspecified atom stereocenters. The molecule has 1 fully saturated rings. The Balaban J connectivity index is 2.11. The molecule has 1 heterocycles. The van der Waals surface area contributed by atoms with Crippen LogP contribution in [0.5, 0.6) is 5.75 Å². The second-order valence-electron chi connectivity index (χ2n) is 4.67. The lowest BCUT2D eigenvalue weighted by Gasteiger charge is -2.13. The van der Waals surface area contributed by atoms with Crippen LogP contribution in [0.15, 0.2) is 12.1 Å². The highest BCUT2D eigenvalue weighted by Crippen LogP contribution is 2.31. The van der Waals surface area contributed by atoms with Crippen LogP contribution in [-0.4, -0.2) is 31.6 Å². The van der Waals surface area contributed by atoms with Crippen molar-refractivity contribution < 1.29 is 23.5 Å². The Morgan fingerprint density at radius 3 is 2.90 bits per heavy atom. The van der Waals surface area contributed by atoms with Gasteiger partial charge in [-0.1, -0.05) is 11.6 Å². The first kappa shape index (κ1) is 15.6. The third-order valence-corrected chi connectivity index (χ3v) is 3.43. The largest absolute Gasteiger partial charge is 0.492 e. The third-order valence-electron chi connectivity index (χ3n) is 3.04. The average molecular weight is 316 g/mol. The molecule has 1 aromatic carbocycles. The summed E-state index contributed by atoms with van der Waals surface area (Å²) in [6.07, 6.45) is 0.359. The van der Waals surface area contributed by atoms with E-state index in [1.165, 1.54) is 0 Å². The highest BCUT2D eigenvalue weighted by Gasteiger charge is 2.23. The van der Waals surface area contributed by atoms with Gasteiger partial charge in [0, 0.05) is 24.9 Å². The molecule has 1 amide bonds. The number of rotatable bonds is 5. The first-order valence-corrected chi connectivity index (χ1v) is 6.94. The molecule has 1 aliphatic heterocycles. The number of nitrogens with one attached hydrogen (secondary N) is 1. The van der Waals surface area contributed by atoms with E-state index in [1.54, 1.807) is 6.92 Å². The van der Waals surface area contributed by atoms with Crippen molar-refractivity contribution in [2.24, 2.45) is 5.92 Å². The number of ether oxygens (including phenoxy) is 2. The second-order valence-corrected chi connectivity index (χ2v) is 5.05. The van der Waals surface area contributed by atoms with Gasteiger partial charge in [-0.2, -0.15) is 0 Å². The highest BCUT2D eigenvalue weighted by molar-refractivity contribution is 6.35. The lowest BCUT2D eigenvalue weighted by molar-refractivity contribution is -0.119. The molecule has 0 bridgehead atoms. The van der Waals surface area contributed by atoms with Crippen LogP contribution in [0.1, 0.15) is 23.7 Å². The molecule has 7 heteroatoms. The monoisotopic (exact) mass is 315 g/mol. The van der Waals surface area contributed by atoms with E-state index in [1.807, 2.05) is 0 Å². The molecule has 2 rings (SSSR count). The number of hydrogen-bond donors (Lipinski definition) is 1. The summed E-state index contributed by atoms with van der Waals surface area (Å²) in [6, 6.07) is 2.11. The zero-order valence-corrected chi connectivity index (χ0v) is 12.2. The molecule has 1 atom stereocenters. The Morgan fingerprint density at radius 1 is 1.52 bits per heavy atom. The summed E-state index contributed by atoms with van der Waals surface area (Å²) in [5.74, 6) is -1.31. The molecule has 0 aromatic heterocycles. The molecule has 1 N–H and O–H groups in total. The van der Waals surface area contributed by atoms with Crippen LogP contribution in [0.2, 0.25) is 5.02 Å². The Hall–Kier alpha value is -1.82. The van der Waals surface area contributed by atoms with Crippen molar-refractivity contribution in [3.63, 3.8) is 0 Å². The minimum atomic E-state index is -0.704. The van der Waals surface area contributed by atoms with Gasteiger partial charge in [0.05, 0.1) is 23.8 Å². The van der Waals surface area contributed by atoms with Crippen LogP contribution in [0.4, 0.5) is 4.39 Å². The van der Waals surface area contributed by atoms with Crippen LogP contribution in [0.25, 0.3) is 0 Å². The molecule has 114 valence electrons. The number of hydrogen-bond acceptors (Lipinski definition) is 4. The van der Waals surface area contributed by atoms with Gasteiger partial charge in [0.15, 0.2) is 0 Å². The maximum atomic E-state index is 13.6. The first-order valence-electron chi connectivity index (χ1n) is 6.57. The normalized spacial score (nSPS) is 17.5. The number of carbonyl (C=O) groups is 2. The molecule has 1 saturated heterocycles. The van der Waals surface area contributed by atoms with Crippen LogP contribution >= 0.6 is 11.6 Å². The summed E-state index contributed by atoms with van der Waals surface area (Å²) in [7, 11) is 0. The lowest BCUT2D eigenvalue weighted by atomic mass is 10.1. The van der Waals surface area contributed by atoms with E-state index in [0.717, 1.165) is 12.1 Å². The van der Waals surface area contributed by atoms with Gasteiger partial charge < -0.3 is 14.8 Å². The van der Waals surface area contributed by atoms with Gasteiger partial charge in [-0.3, -0.25) is 4.79 Å². The van der Waals surface area contributed by atoms with Gasteiger partial charge in [-0.05, 0) is 13.0 Å². The van der Waals surface area contributed by atoms with Gasteiger partial charge in [0.1, 0.15) is 11.6 Å². The summed E-state index contributed by atoms with van der Waals surface area (Å²) in [5.41, 5.74) is -0.0749. The fraction of sp³-hybridized carbons (Fsp3) is 0.429. The van der Waals surface area contributed by atoms with Crippen molar-refractivity contribution in [1.29, 1.82) is 0 Å². The number of esters is 1. The molecule has 0 saturated carbocycles. The number of halogens is 2. The summed E-state index contributed by atoms with van der Waals surface area (Å²) in [5, 5.41) is 2.68. The van der Waals surface area contributed by atoms with E-state index in [9.17, 15) is 14.0 Å². The number of benzene rings is 1. The Kier molecular flexibility index (Phi) is 5.01. The van der Waals surface area contributed by atoms with E-state index in [0.29, 0.717) is 13.0 Å². The smallest absolute Gasteiger partial charge is 0.339 e. The van der Waals surface area contributed by atoms with Crippen molar-refractivity contribution in [3.8, 4) is 5.75 Å². The van der Waals surface area contributed by atoms with Gasteiger partial charge in [-0.15, -0.1) is 0 Å². The Morgan fingerprint density at radius 2 is 2.29 bits per heavy atom. The minimum Gasteiger partial charge on any atom is -0.492 e. The first-order chi connectivity index (χ1) is 10.0. The second kappa shape index (κ2) is 6.76. The fourth-order valence-corrected chi connectivity index (χ4v) is 2.26. The molecule has 0 spiro atoms. The molecule has 21 heavy (non-hydrogen) atoms. The van der Waals surface area contributed by atoms with Crippen molar-refractivity contribution in [1.82, 2.24) is 5.32 Å². The average Bonchev–Trinajstić information content (AvgIpc) is 2.85. The molecular weight excluding hydrogens is 301 g/mol. The van der Waals surface area contributed by atoms with Crippen molar-refractivity contribution >= 4 is 23.5 Å². The summed E-state index contributed by atoms with van der Waals surface area (Å²) in [6.45, 7) is 2.53. The van der Waals surface area contributed by atoms with Crippen LogP contribution in [0, 0.1) is 11.7 Å². The van der Waals surface area contributed by atoms with Crippen LogP contribution < -0.4 is 10.1 Å². The maximum Gasteiger partial charge on any atom is 0.339 e. The molecule has 1 aromatic rings. The highest BCUT2D eigenvalue weighted by atomic mass is 35.5. The van der Waals surface area contributed by atoms with E-state index in [4.69, 9.17) is 21.1 Å². The topological polar surface area (TPSA) is 64.6 Å². The predicted octanol–water partition coefficient (Wildman–Crippen LogP) is 2.17. The number of carbonyl (C=O) groups excluding carboxylic acids is 2. The Bertz CT molecular complexity index is 564. The van der Waals surface area contributed by atoms with E-state index in [-0.39, 0.29) is 41.4 Å². The third kappa shape index (κ3) is 3.85. The standard InChI is InChI=1S/C14H15ClFNO4/c1-2-20-14(19)10-4-9(16)5-11(13(10)15)21-7-8-3-12(18)17-6-8/h4-5,8H,2-3,6-7H2,1H3,(H,17,18). The quantitative estimate of drug-likeness (QED) is 0.846. The fourth-order valence-electron chi connectivity index (χ4n) is 2.02. The Labute approximate surface area is 126 Å². The van der Waals surface area contributed by atoms with E-state index >= 15 is 0 Å². The summed E-state index contributed by atoms with van der Waals surface area (Å²) < 4.78 is 23.8. The van der Waals surface area contributed by atoms with Gasteiger partial charge >= 0.3 is 5.97 Å². The van der Waals surface area contributed by atoms with Crippen molar-refractivity contribution in [2.45, 2.75) is 13.3 Å². The number of amides is 1. The molecular formula is C14H15ClFNO4. The molecule has 1 aliphatic rings. The predicted molar refractivity (Wildman–Crippen MR) is 74.0 cm³/mol. The maximum absolute atomic E-state index is 13.6. The van der Waals surface area contributed by atoms with Crippen LogP contribution in [0.3, 0.4) is 0 Å². The summed E-state index contributed by atoms with van der Waals surface area (Å²) in [4.78, 5) is 22.8. The lowest BCUT2D eigenvalue weighted by Crippen LogP contribution is -2.17. The minimum absolute atomic E-state index is 0.00266.